The minimum absolute atomic E-state index is 0.200. The summed E-state index contributed by atoms with van der Waals surface area (Å²) in [5.74, 6) is -1.16. The van der Waals surface area contributed by atoms with Crippen LogP contribution in [0.25, 0.3) is 10.8 Å². The highest BCUT2D eigenvalue weighted by molar-refractivity contribution is 7.85. The molecule has 0 unspecified atom stereocenters. The van der Waals surface area contributed by atoms with Gasteiger partial charge < -0.3 is 4.90 Å². The molecule has 0 radical (unpaired) electrons. The molecule has 33 heavy (non-hydrogen) atoms. The van der Waals surface area contributed by atoms with E-state index in [-0.39, 0.29) is 12.2 Å². The quantitative estimate of drug-likeness (QED) is 0.310. The molecular weight excluding hydrogens is 442 g/mol. The third-order valence-corrected chi connectivity index (χ3v) is 6.71. The molecule has 3 aromatic rings. The lowest BCUT2D eigenvalue weighted by atomic mass is 9.92. The normalized spacial score (nSPS) is 13.6. The van der Waals surface area contributed by atoms with Crippen LogP contribution in [0.2, 0.25) is 0 Å². The second-order valence-corrected chi connectivity index (χ2v) is 9.49. The number of aryl methyl sites for hydroxylation is 1. The van der Waals surface area contributed by atoms with Crippen molar-refractivity contribution < 1.29 is 27.1 Å². The van der Waals surface area contributed by atoms with Gasteiger partial charge in [-0.15, -0.1) is 0 Å². The SMILES string of the molecule is CCN(CC)c1ccc2c3c(cccc13)C(=O)N(c1ccc[n+](CCCS(=O)(=O)O)c1)C2=O. The molecule has 1 aliphatic rings. The van der Waals surface area contributed by atoms with Crippen molar-refractivity contribution in [1.82, 2.24) is 0 Å². The van der Waals surface area contributed by atoms with E-state index in [1.54, 1.807) is 41.2 Å². The molecule has 0 saturated carbocycles. The molecule has 2 amide bonds. The molecule has 0 fully saturated rings. The molecule has 2 aromatic carbocycles. The number of anilines is 2. The number of carbonyl (C=O) groups is 2. The lowest BCUT2D eigenvalue weighted by Crippen LogP contribution is -2.43. The van der Waals surface area contributed by atoms with Crippen LogP contribution in [0.4, 0.5) is 11.4 Å². The van der Waals surface area contributed by atoms with Crippen LogP contribution in [0, 0.1) is 0 Å². The molecule has 4 rings (SSSR count). The molecule has 0 atom stereocenters. The van der Waals surface area contributed by atoms with Crippen molar-refractivity contribution in [2.45, 2.75) is 26.8 Å². The number of aromatic nitrogens is 1. The molecule has 0 saturated heterocycles. The maximum absolute atomic E-state index is 13.5. The number of benzene rings is 2. The second kappa shape index (κ2) is 8.92. The van der Waals surface area contributed by atoms with Gasteiger partial charge in [-0.25, -0.2) is 9.47 Å². The van der Waals surface area contributed by atoms with Gasteiger partial charge in [0.1, 0.15) is 12.2 Å². The van der Waals surface area contributed by atoms with Crippen LogP contribution in [0.1, 0.15) is 41.0 Å². The first-order valence-electron chi connectivity index (χ1n) is 10.9. The molecular formula is C24H26N3O5S+. The van der Waals surface area contributed by atoms with Crippen LogP contribution in [0.3, 0.4) is 0 Å². The summed E-state index contributed by atoms with van der Waals surface area (Å²) >= 11 is 0. The summed E-state index contributed by atoms with van der Waals surface area (Å²) in [5.41, 5.74) is 2.33. The Kier molecular flexibility index (Phi) is 6.18. The third-order valence-electron chi connectivity index (χ3n) is 5.91. The topological polar surface area (TPSA) is 98.9 Å². The Morgan fingerprint density at radius 3 is 2.33 bits per heavy atom. The minimum Gasteiger partial charge on any atom is -0.372 e. The van der Waals surface area contributed by atoms with Gasteiger partial charge in [0.15, 0.2) is 12.4 Å². The van der Waals surface area contributed by atoms with E-state index in [9.17, 15) is 18.0 Å². The molecule has 0 bridgehead atoms. The molecule has 8 nitrogen and oxygen atoms in total. The summed E-state index contributed by atoms with van der Waals surface area (Å²) in [4.78, 5) is 30.3. The van der Waals surface area contributed by atoms with Crippen LogP contribution in [0.5, 0.6) is 0 Å². The fourth-order valence-corrected chi connectivity index (χ4v) is 4.86. The monoisotopic (exact) mass is 468 g/mol. The first kappa shape index (κ1) is 22.9. The van der Waals surface area contributed by atoms with Gasteiger partial charge in [-0.3, -0.25) is 14.1 Å². The highest BCUT2D eigenvalue weighted by Crippen LogP contribution is 2.37. The molecule has 1 N–H and O–H groups in total. The Balaban J connectivity index is 1.74. The Bertz CT molecular complexity index is 1330. The van der Waals surface area contributed by atoms with Gasteiger partial charge in [-0.1, -0.05) is 12.1 Å². The van der Waals surface area contributed by atoms with Gasteiger partial charge in [0, 0.05) is 53.2 Å². The van der Waals surface area contributed by atoms with Crippen molar-refractivity contribution in [3.63, 3.8) is 0 Å². The van der Waals surface area contributed by atoms with Gasteiger partial charge in [-0.05, 0) is 38.1 Å². The summed E-state index contributed by atoms with van der Waals surface area (Å²) in [6.45, 7) is 6.06. The van der Waals surface area contributed by atoms with E-state index in [0.717, 1.165) is 29.1 Å². The van der Waals surface area contributed by atoms with Crippen LogP contribution in [-0.2, 0) is 16.7 Å². The summed E-state index contributed by atoms with van der Waals surface area (Å²) in [6, 6.07) is 12.6. The summed E-state index contributed by atoms with van der Waals surface area (Å²) in [5, 5.41) is 1.55. The van der Waals surface area contributed by atoms with Gasteiger partial charge in [-0.2, -0.15) is 8.42 Å². The molecule has 0 aliphatic carbocycles. The zero-order valence-electron chi connectivity index (χ0n) is 18.6. The number of amides is 2. The van der Waals surface area contributed by atoms with Crippen LogP contribution >= 0.6 is 0 Å². The predicted molar refractivity (Wildman–Crippen MR) is 126 cm³/mol. The summed E-state index contributed by atoms with van der Waals surface area (Å²) in [7, 11) is -4.05. The van der Waals surface area contributed by atoms with Crippen molar-refractivity contribution in [3.05, 3.63) is 66.0 Å². The van der Waals surface area contributed by atoms with Crippen molar-refractivity contribution >= 4 is 44.1 Å². The average Bonchev–Trinajstić information content (AvgIpc) is 2.78. The molecule has 1 aliphatic heterocycles. The zero-order chi connectivity index (χ0) is 23.8. The molecule has 9 heteroatoms. The molecule has 0 spiro atoms. The van der Waals surface area contributed by atoms with Gasteiger partial charge in [0.2, 0.25) is 0 Å². The van der Waals surface area contributed by atoms with Crippen molar-refractivity contribution in [2.24, 2.45) is 0 Å². The molecule has 2 heterocycles. The number of hydrogen-bond acceptors (Lipinski definition) is 5. The smallest absolute Gasteiger partial charge is 0.266 e. The first-order valence-corrected chi connectivity index (χ1v) is 12.5. The summed E-state index contributed by atoms with van der Waals surface area (Å²) < 4.78 is 32.6. The van der Waals surface area contributed by atoms with Crippen molar-refractivity contribution in [3.8, 4) is 0 Å². The highest BCUT2D eigenvalue weighted by Gasteiger charge is 2.35. The fraction of sp³-hybridized carbons (Fsp3) is 0.292. The number of carbonyl (C=O) groups excluding carboxylic acids is 2. The standard InChI is InChI=1S/C24H25N3O5S/c1-3-26(4-2)21-12-11-20-22-18(21)9-5-10-19(22)23(28)27(24(20)29)17-8-6-13-25(16-17)14-7-15-33(30,31)32/h5-6,8-13,16H,3-4,7,14-15H2,1-2H3/p+1. The number of nitrogens with zero attached hydrogens (tertiary/aromatic N) is 3. The van der Waals surface area contributed by atoms with Crippen LogP contribution < -0.4 is 14.4 Å². The van der Waals surface area contributed by atoms with Crippen LogP contribution in [0.15, 0.2) is 54.9 Å². The van der Waals surface area contributed by atoms with Gasteiger partial charge >= 0.3 is 0 Å². The Hall–Kier alpha value is -3.30. The largest absolute Gasteiger partial charge is 0.372 e. The fourth-order valence-electron chi connectivity index (χ4n) is 4.36. The minimum atomic E-state index is -4.05. The molecule has 172 valence electrons. The predicted octanol–water partition coefficient (Wildman–Crippen LogP) is 3.05. The summed E-state index contributed by atoms with van der Waals surface area (Å²) in [6.07, 6.45) is 3.55. The zero-order valence-corrected chi connectivity index (χ0v) is 19.4. The molecule has 1 aromatic heterocycles. The van der Waals surface area contributed by atoms with E-state index in [2.05, 4.69) is 18.7 Å². The maximum Gasteiger partial charge on any atom is 0.266 e. The van der Waals surface area contributed by atoms with Crippen molar-refractivity contribution in [1.29, 1.82) is 0 Å². The Morgan fingerprint density at radius 1 is 0.970 bits per heavy atom. The number of imide groups is 1. The number of hydrogen-bond donors (Lipinski definition) is 1. The average molecular weight is 469 g/mol. The highest BCUT2D eigenvalue weighted by atomic mass is 32.2. The Labute approximate surface area is 192 Å². The van der Waals surface area contributed by atoms with E-state index in [1.165, 1.54) is 0 Å². The van der Waals surface area contributed by atoms with E-state index < -0.39 is 21.9 Å². The number of rotatable bonds is 8. The van der Waals surface area contributed by atoms with Gasteiger partial charge in [0.25, 0.3) is 21.9 Å². The maximum atomic E-state index is 13.5. The Morgan fingerprint density at radius 2 is 1.67 bits per heavy atom. The van der Waals surface area contributed by atoms with E-state index in [1.807, 2.05) is 18.2 Å². The van der Waals surface area contributed by atoms with E-state index >= 15 is 0 Å². The van der Waals surface area contributed by atoms with E-state index in [0.29, 0.717) is 28.7 Å². The van der Waals surface area contributed by atoms with Gasteiger partial charge in [0.05, 0.1) is 5.75 Å². The second-order valence-electron chi connectivity index (χ2n) is 7.92. The van der Waals surface area contributed by atoms with Crippen LogP contribution in [-0.4, -0.2) is 43.6 Å². The number of pyridine rings is 1. The van der Waals surface area contributed by atoms with E-state index in [4.69, 9.17) is 4.55 Å². The lowest BCUT2D eigenvalue weighted by molar-refractivity contribution is -0.696. The van der Waals surface area contributed by atoms with Crippen molar-refractivity contribution in [2.75, 3.05) is 28.6 Å². The lowest BCUT2D eigenvalue weighted by Gasteiger charge is -2.29. The third kappa shape index (κ3) is 4.34. The first-order chi connectivity index (χ1) is 15.7.